The van der Waals surface area contributed by atoms with Crippen LogP contribution in [-0.2, 0) is 14.4 Å². The smallest absolute Gasteiger partial charge is 0.356 e. The number of urea groups is 1. The second kappa shape index (κ2) is 7.59. The summed E-state index contributed by atoms with van der Waals surface area (Å²) in [4.78, 5) is 50.0. The molecule has 2 N–H and O–H groups in total. The predicted octanol–water partition coefficient (Wildman–Crippen LogP) is 0.768. The van der Waals surface area contributed by atoms with Gasteiger partial charge in [0.15, 0.2) is 0 Å². The highest BCUT2D eigenvalue weighted by molar-refractivity contribution is 6.07. The van der Waals surface area contributed by atoms with Gasteiger partial charge in [-0.2, -0.15) is 13.2 Å². The number of hydrogen-bond acceptors (Lipinski definition) is 4. The first-order valence-corrected chi connectivity index (χ1v) is 9.38. The molecule has 11 heteroatoms. The third-order valence-corrected chi connectivity index (χ3v) is 5.52. The number of carbonyl (C=O) groups excluding carboxylic acids is 4. The van der Waals surface area contributed by atoms with Crippen LogP contribution in [0.1, 0.15) is 38.5 Å². The van der Waals surface area contributed by atoms with Gasteiger partial charge >= 0.3 is 12.2 Å². The van der Waals surface area contributed by atoms with E-state index < -0.39 is 42.0 Å². The molecule has 3 fully saturated rings. The van der Waals surface area contributed by atoms with Crippen LogP contribution >= 0.6 is 0 Å². The molecule has 1 unspecified atom stereocenters. The summed E-state index contributed by atoms with van der Waals surface area (Å²) in [6.07, 6.45) is -1.38. The molecule has 2 saturated heterocycles. The van der Waals surface area contributed by atoms with Crippen LogP contribution in [0.4, 0.5) is 18.0 Å². The van der Waals surface area contributed by atoms with Crippen LogP contribution in [-0.4, -0.2) is 71.4 Å². The number of imide groups is 1. The molecule has 3 rings (SSSR count). The summed E-state index contributed by atoms with van der Waals surface area (Å²) in [5.74, 6) is -2.25. The summed E-state index contributed by atoms with van der Waals surface area (Å²) in [5, 5.41) is 5.34. The zero-order valence-electron chi connectivity index (χ0n) is 15.3. The van der Waals surface area contributed by atoms with E-state index in [4.69, 9.17) is 0 Å². The fourth-order valence-corrected chi connectivity index (χ4v) is 4.11. The molecule has 156 valence electrons. The molecular formula is C17H23F3N4O4. The van der Waals surface area contributed by atoms with E-state index in [-0.39, 0.29) is 32.0 Å². The van der Waals surface area contributed by atoms with E-state index >= 15 is 0 Å². The van der Waals surface area contributed by atoms with E-state index in [1.54, 1.807) is 0 Å². The number of rotatable bonds is 6. The van der Waals surface area contributed by atoms with Crippen molar-refractivity contribution in [2.24, 2.45) is 5.92 Å². The van der Waals surface area contributed by atoms with E-state index in [1.807, 2.05) is 0 Å². The third-order valence-electron chi connectivity index (χ3n) is 5.52. The largest absolute Gasteiger partial charge is 0.406 e. The molecule has 1 aliphatic carbocycles. The Bertz CT molecular complexity index is 676. The first kappa shape index (κ1) is 20.4. The van der Waals surface area contributed by atoms with Gasteiger partial charge in [-0.05, 0) is 19.3 Å². The zero-order valence-corrected chi connectivity index (χ0v) is 15.3. The SMILES string of the molecule is O=C(NCCCN1C(=O)NC2(CCCC2)C1=O)C1CC(=O)N(CC(F)(F)F)C1. The Labute approximate surface area is 159 Å². The molecule has 2 aliphatic heterocycles. The number of halogens is 3. The molecule has 0 aromatic rings. The minimum Gasteiger partial charge on any atom is -0.356 e. The van der Waals surface area contributed by atoms with Gasteiger partial charge in [-0.15, -0.1) is 0 Å². The van der Waals surface area contributed by atoms with Crippen molar-refractivity contribution >= 4 is 23.8 Å². The van der Waals surface area contributed by atoms with Crippen molar-refractivity contribution in [1.82, 2.24) is 20.4 Å². The van der Waals surface area contributed by atoms with Crippen LogP contribution in [0, 0.1) is 5.92 Å². The Morgan fingerprint density at radius 2 is 1.89 bits per heavy atom. The lowest BCUT2D eigenvalue weighted by Crippen LogP contribution is -2.44. The second-order valence-corrected chi connectivity index (χ2v) is 7.61. The van der Waals surface area contributed by atoms with Crippen LogP contribution in [0.2, 0.25) is 0 Å². The van der Waals surface area contributed by atoms with Crippen molar-refractivity contribution in [3.8, 4) is 0 Å². The van der Waals surface area contributed by atoms with E-state index in [1.165, 1.54) is 0 Å². The van der Waals surface area contributed by atoms with Gasteiger partial charge in [0.05, 0.1) is 5.92 Å². The highest BCUT2D eigenvalue weighted by Gasteiger charge is 2.52. The van der Waals surface area contributed by atoms with Crippen molar-refractivity contribution in [2.75, 3.05) is 26.2 Å². The van der Waals surface area contributed by atoms with Crippen molar-refractivity contribution in [2.45, 2.75) is 50.2 Å². The van der Waals surface area contributed by atoms with Gasteiger partial charge in [-0.3, -0.25) is 19.3 Å². The van der Waals surface area contributed by atoms with Crippen molar-refractivity contribution in [3.05, 3.63) is 0 Å². The summed E-state index contributed by atoms with van der Waals surface area (Å²) in [7, 11) is 0. The molecule has 1 spiro atoms. The van der Waals surface area contributed by atoms with Crippen molar-refractivity contribution in [1.29, 1.82) is 0 Å². The molecule has 0 radical (unpaired) electrons. The Morgan fingerprint density at radius 1 is 1.21 bits per heavy atom. The maximum absolute atomic E-state index is 12.5. The fourth-order valence-electron chi connectivity index (χ4n) is 4.11. The molecule has 1 saturated carbocycles. The van der Waals surface area contributed by atoms with Crippen LogP contribution in [0.3, 0.4) is 0 Å². The molecule has 8 nitrogen and oxygen atoms in total. The monoisotopic (exact) mass is 404 g/mol. The quantitative estimate of drug-likeness (QED) is 0.505. The van der Waals surface area contributed by atoms with Crippen LogP contribution in [0.5, 0.6) is 0 Å². The topological polar surface area (TPSA) is 98.8 Å². The van der Waals surface area contributed by atoms with Crippen LogP contribution in [0.25, 0.3) is 0 Å². The number of alkyl halides is 3. The number of carbonyl (C=O) groups is 4. The molecule has 5 amide bonds. The van der Waals surface area contributed by atoms with Gasteiger partial charge in [0.1, 0.15) is 12.1 Å². The van der Waals surface area contributed by atoms with Crippen LogP contribution < -0.4 is 10.6 Å². The number of amides is 5. The standard InChI is InChI=1S/C17H23F3N4O4/c18-17(19,20)10-23-9-11(8-12(23)25)13(26)21-6-3-7-24-14(27)16(22-15(24)28)4-1-2-5-16/h11H,1-10H2,(H,21,26)(H,22,28). The second-order valence-electron chi connectivity index (χ2n) is 7.61. The first-order chi connectivity index (χ1) is 13.1. The van der Waals surface area contributed by atoms with Crippen LogP contribution in [0.15, 0.2) is 0 Å². The normalized spacial score (nSPS) is 24.4. The van der Waals surface area contributed by atoms with Crippen molar-refractivity contribution < 1.29 is 32.3 Å². The molecule has 0 bridgehead atoms. The van der Waals surface area contributed by atoms with E-state index in [0.29, 0.717) is 24.2 Å². The van der Waals surface area contributed by atoms with Gasteiger partial charge in [0.2, 0.25) is 11.8 Å². The van der Waals surface area contributed by atoms with E-state index in [9.17, 15) is 32.3 Å². The highest BCUT2D eigenvalue weighted by Crippen LogP contribution is 2.35. The summed E-state index contributed by atoms with van der Waals surface area (Å²) in [5.41, 5.74) is -0.771. The minimum absolute atomic E-state index is 0.149. The van der Waals surface area contributed by atoms with Gasteiger partial charge in [-0.25, -0.2) is 4.79 Å². The fraction of sp³-hybridized carbons (Fsp3) is 0.765. The first-order valence-electron chi connectivity index (χ1n) is 9.38. The third kappa shape index (κ3) is 4.22. The lowest BCUT2D eigenvalue weighted by Gasteiger charge is -2.20. The maximum atomic E-state index is 12.5. The molecule has 0 aromatic carbocycles. The molecule has 28 heavy (non-hydrogen) atoms. The summed E-state index contributed by atoms with van der Waals surface area (Å²) in [6, 6.07) is -0.428. The summed E-state index contributed by atoms with van der Waals surface area (Å²) < 4.78 is 37.3. The lowest BCUT2D eigenvalue weighted by atomic mass is 9.98. The van der Waals surface area contributed by atoms with Crippen molar-refractivity contribution in [3.63, 3.8) is 0 Å². The molecule has 2 heterocycles. The summed E-state index contributed by atoms with van der Waals surface area (Å²) >= 11 is 0. The average Bonchev–Trinajstić information content (AvgIpc) is 3.26. The Kier molecular flexibility index (Phi) is 5.53. The number of hydrogen-bond donors (Lipinski definition) is 2. The van der Waals surface area contributed by atoms with E-state index in [0.717, 1.165) is 17.7 Å². The zero-order chi connectivity index (χ0) is 20.5. The molecular weight excluding hydrogens is 381 g/mol. The molecule has 0 aromatic heterocycles. The van der Waals surface area contributed by atoms with E-state index in [2.05, 4.69) is 10.6 Å². The Morgan fingerprint density at radius 3 is 2.54 bits per heavy atom. The highest BCUT2D eigenvalue weighted by atomic mass is 19.4. The Hall–Kier alpha value is -2.33. The number of nitrogens with one attached hydrogen (secondary N) is 2. The van der Waals surface area contributed by atoms with Gasteiger partial charge in [0, 0.05) is 26.1 Å². The Balaban J connectivity index is 1.41. The molecule has 1 atom stereocenters. The predicted molar refractivity (Wildman–Crippen MR) is 89.8 cm³/mol. The number of likely N-dealkylation sites (tertiary alicyclic amines) is 1. The minimum atomic E-state index is -4.50. The molecule has 3 aliphatic rings. The van der Waals surface area contributed by atoms with Gasteiger partial charge < -0.3 is 15.5 Å². The lowest BCUT2D eigenvalue weighted by molar-refractivity contribution is -0.157. The van der Waals surface area contributed by atoms with Gasteiger partial charge in [0.25, 0.3) is 5.91 Å². The number of nitrogens with zero attached hydrogens (tertiary/aromatic N) is 2. The maximum Gasteiger partial charge on any atom is 0.406 e. The van der Waals surface area contributed by atoms with Gasteiger partial charge in [-0.1, -0.05) is 12.8 Å². The summed E-state index contributed by atoms with van der Waals surface area (Å²) in [6.45, 7) is -1.31. The average molecular weight is 404 g/mol.